The van der Waals surface area contributed by atoms with Crippen LogP contribution in [0.5, 0.6) is 0 Å². The fraction of sp³-hybridized carbons (Fsp3) is 0.538. The zero-order valence-electron chi connectivity index (χ0n) is 11.5. The molecule has 1 rings (SSSR count). The van der Waals surface area contributed by atoms with Gasteiger partial charge in [0.05, 0.1) is 4.90 Å². The number of nitrogens with one attached hydrogen (secondary N) is 2. The molecule has 1 aromatic rings. The molecule has 0 aliphatic heterocycles. The zero-order valence-corrected chi connectivity index (χ0v) is 13.1. The van der Waals surface area contributed by atoms with Crippen LogP contribution in [0.4, 0.5) is 0 Å². The summed E-state index contributed by atoms with van der Waals surface area (Å²) >= 11 is 5.82. The van der Waals surface area contributed by atoms with Crippen molar-refractivity contribution in [2.75, 3.05) is 13.1 Å². The van der Waals surface area contributed by atoms with Gasteiger partial charge in [-0.1, -0.05) is 25.4 Å². The van der Waals surface area contributed by atoms with Crippen molar-refractivity contribution in [3.05, 3.63) is 28.8 Å². The highest BCUT2D eigenvalue weighted by molar-refractivity contribution is 7.89. The lowest BCUT2D eigenvalue weighted by molar-refractivity contribution is 0.554. The molecule has 108 valence electrons. The highest BCUT2D eigenvalue weighted by Crippen LogP contribution is 2.19. The molecule has 6 heteroatoms. The first-order valence-electron chi connectivity index (χ1n) is 6.32. The van der Waals surface area contributed by atoms with Crippen LogP contribution in [-0.2, 0) is 10.0 Å². The molecule has 0 atom stereocenters. The largest absolute Gasteiger partial charge is 0.314 e. The third kappa shape index (κ3) is 5.48. The van der Waals surface area contributed by atoms with Crippen molar-refractivity contribution >= 4 is 21.6 Å². The van der Waals surface area contributed by atoms with Gasteiger partial charge in [-0.25, -0.2) is 13.1 Å². The van der Waals surface area contributed by atoms with Gasteiger partial charge in [-0.2, -0.15) is 0 Å². The van der Waals surface area contributed by atoms with Crippen molar-refractivity contribution in [2.24, 2.45) is 0 Å². The number of hydrogen-bond acceptors (Lipinski definition) is 3. The second-order valence-corrected chi connectivity index (χ2v) is 6.94. The maximum absolute atomic E-state index is 12.1. The number of rotatable bonds is 7. The van der Waals surface area contributed by atoms with Gasteiger partial charge in [0, 0.05) is 17.6 Å². The standard InChI is InChI=1S/C13H21ClN2O2S/c1-10(2)15-7-4-8-16-19(17,18)13-6-5-12(14)9-11(13)3/h5-6,9-10,15-16H,4,7-8H2,1-3H3. The van der Waals surface area contributed by atoms with Gasteiger partial charge in [-0.15, -0.1) is 0 Å². The Balaban J connectivity index is 2.56. The smallest absolute Gasteiger partial charge is 0.240 e. The summed E-state index contributed by atoms with van der Waals surface area (Å²) < 4.78 is 26.8. The van der Waals surface area contributed by atoms with Gasteiger partial charge >= 0.3 is 0 Å². The van der Waals surface area contributed by atoms with Crippen LogP contribution < -0.4 is 10.0 Å². The third-order valence-corrected chi connectivity index (χ3v) is 4.48. The number of sulfonamides is 1. The summed E-state index contributed by atoms with van der Waals surface area (Å²) in [5, 5.41) is 3.78. The fourth-order valence-corrected chi connectivity index (χ4v) is 3.20. The minimum Gasteiger partial charge on any atom is -0.314 e. The summed E-state index contributed by atoms with van der Waals surface area (Å²) in [6, 6.07) is 5.18. The first-order chi connectivity index (χ1) is 8.83. The lowest BCUT2D eigenvalue weighted by Gasteiger charge is -2.11. The van der Waals surface area contributed by atoms with Crippen LogP contribution in [0.1, 0.15) is 25.8 Å². The third-order valence-electron chi connectivity index (χ3n) is 2.62. The van der Waals surface area contributed by atoms with Crippen LogP contribution in [0.2, 0.25) is 5.02 Å². The highest BCUT2D eigenvalue weighted by Gasteiger charge is 2.15. The summed E-state index contributed by atoms with van der Waals surface area (Å²) in [7, 11) is -3.44. The quantitative estimate of drug-likeness (QED) is 0.760. The van der Waals surface area contributed by atoms with Gasteiger partial charge in [0.15, 0.2) is 0 Å². The lowest BCUT2D eigenvalue weighted by atomic mass is 10.2. The molecule has 0 saturated carbocycles. The van der Waals surface area contributed by atoms with Gasteiger partial charge < -0.3 is 5.32 Å². The molecule has 1 aromatic carbocycles. The number of halogens is 1. The molecular formula is C13H21ClN2O2S. The molecule has 0 aromatic heterocycles. The minimum atomic E-state index is -3.44. The molecular weight excluding hydrogens is 284 g/mol. The Hall–Kier alpha value is -0.620. The molecule has 0 fully saturated rings. The highest BCUT2D eigenvalue weighted by atomic mass is 35.5. The van der Waals surface area contributed by atoms with E-state index in [0.717, 1.165) is 13.0 Å². The van der Waals surface area contributed by atoms with Gasteiger partial charge in [-0.05, 0) is 43.7 Å². The first-order valence-corrected chi connectivity index (χ1v) is 8.18. The second-order valence-electron chi connectivity index (χ2n) is 4.77. The van der Waals surface area contributed by atoms with Crippen LogP contribution in [0.15, 0.2) is 23.1 Å². The predicted octanol–water partition coefficient (Wildman–Crippen LogP) is 2.31. The topological polar surface area (TPSA) is 58.2 Å². The molecule has 0 aliphatic rings. The predicted molar refractivity (Wildman–Crippen MR) is 79.1 cm³/mol. The molecule has 0 unspecified atom stereocenters. The second kappa shape index (κ2) is 7.24. The van der Waals surface area contributed by atoms with E-state index in [9.17, 15) is 8.42 Å². The van der Waals surface area contributed by atoms with Crippen LogP contribution in [-0.4, -0.2) is 27.5 Å². The summed E-state index contributed by atoms with van der Waals surface area (Å²) in [6.07, 6.45) is 0.754. The lowest BCUT2D eigenvalue weighted by Crippen LogP contribution is -2.30. The number of benzene rings is 1. The Morgan fingerprint density at radius 1 is 1.26 bits per heavy atom. The van der Waals surface area contributed by atoms with E-state index in [1.807, 2.05) is 0 Å². The molecule has 0 radical (unpaired) electrons. The Bertz CT molecular complexity index is 515. The molecule has 0 bridgehead atoms. The maximum Gasteiger partial charge on any atom is 0.240 e. The van der Waals surface area contributed by atoms with Crippen LogP contribution in [0.3, 0.4) is 0 Å². The first kappa shape index (κ1) is 16.4. The minimum absolute atomic E-state index is 0.286. The Kier molecular flexibility index (Phi) is 6.26. The summed E-state index contributed by atoms with van der Waals surface area (Å²) in [4.78, 5) is 0.286. The van der Waals surface area contributed by atoms with E-state index in [0.29, 0.717) is 23.2 Å². The monoisotopic (exact) mass is 304 g/mol. The number of aryl methyl sites for hydroxylation is 1. The van der Waals surface area contributed by atoms with Crippen molar-refractivity contribution in [1.82, 2.24) is 10.0 Å². The Labute approximate surface area is 120 Å². The molecule has 0 amide bonds. The van der Waals surface area contributed by atoms with Gasteiger partial charge in [0.2, 0.25) is 10.0 Å². The Morgan fingerprint density at radius 3 is 2.53 bits per heavy atom. The molecule has 2 N–H and O–H groups in total. The molecule has 4 nitrogen and oxygen atoms in total. The summed E-state index contributed by atoms with van der Waals surface area (Å²) in [5.74, 6) is 0. The van der Waals surface area contributed by atoms with E-state index in [1.54, 1.807) is 19.1 Å². The fourth-order valence-electron chi connectivity index (χ4n) is 1.68. The zero-order chi connectivity index (χ0) is 14.5. The molecule has 0 aliphatic carbocycles. The SMILES string of the molecule is Cc1cc(Cl)ccc1S(=O)(=O)NCCCNC(C)C. The average molecular weight is 305 g/mol. The van der Waals surface area contributed by atoms with E-state index in [1.165, 1.54) is 6.07 Å². The maximum atomic E-state index is 12.1. The van der Waals surface area contributed by atoms with E-state index in [-0.39, 0.29) is 4.90 Å². The molecule has 0 saturated heterocycles. The van der Waals surface area contributed by atoms with Crippen molar-refractivity contribution < 1.29 is 8.42 Å². The molecule has 19 heavy (non-hydrogen) atoms. The van der Waals surface area contributed by atoms with Crippen LogP contribution in [0, 0.1) is 6.92 Å². The van der Waals surface area contributed by atoms with E-state index >= 15 is 0 Å². The average Bonchev–Trinajstić information content (AvgIpc) is 2.27. The van der Waals surface area contributed by atoms with Crippen LogP contribution >= 0.6 is 11.6 Å². The van der Waals surface area contributed by atoms with Gasteiger partial charge in [-0.3, -0.25) is 0 Å². The molecule has 0 heterocycles. The van der Waals surface area contributed by atoms with Crippen molar-refractivity contribution in [3.8, 4) is 0 Å². The van der Waals surface area contributed by atoms with Crippen LogP contribution in [0.25, 0.3) is 0 Å². The van der Waals surface area contributed by atoms with E-state index in [2.05, 4.69) is 23.9 Å². The molecule has 0 spiro atoms. The van der Waals surface area contributed by atoms with E-state index < -0.39 is 10.0 Å². The van der Waals surface area contributed by atoms with Gasteiger partial charge in [0.25, 0.3) is 0 Å². The Morgan fingerprint density at radius 2 is 1.95 bits per heavy atom. The van der Waals surface area contributed by atoms with Gasteiger partial charge in [0.1, 0.15) is 0 Å². The number of hydrogen-bond donors (Lipinski definition) is 2. The normalized spacial score (nSPS) is 12.1. The van der Waals surface area contributed by atoms with E-state index in [4.69, 9.17) is 11.6 Å². The van der Waals surface area contributed by atoms with Crippen molar-refractivity contribution in [3.63, 3.8) is 0 Å². The van der Waals surface area contributed by atoms with Crippen molar-refractivity contribution in [2.45, 2.75) is 38.1 Å². The summed E-state index contributed by atoms with van der Waals surface area (Å²) in [5.41, 5.74) is 0.653. The summed E-state index contributed by atoms with van der Waals surface area (Å²) in [6.45, 7) is 7.06. The van der Waals surface area contributed by atoms with Crippen molar-refractivity contribution in [1.29, 1.82) is 0 Å².